The van der Waals surface area contributed by atoms with Crippen LogP contribution >= 0.6 is 0 Å². The molecule has 236 valence electrons. The molecule has 0 spiro atoms. The second-order valence-electron chi connectivity index (χ2n) is 12.0. The standard InChI is InChI=1S/C36H41N3O6/c1-24-11-8-16-27(21-24)30(23-31(40)41)37-33(42)34-38(35(43)28-17-9-18-29(22-28)45-2)19-10-20-39(34)36(44)32(26-14-6-7-15-26)25-12-4-3-5-13-25/h3-5,8-9,11-13,16-18,21-22,26,30,32,34H,6-7,10,14-15,19-20,23H2,1-2H3,(H,37,42)(H,40,41). The van der Waals surface area contributed by atoms with Gasteiger partial charge in [0.15, 0.2) is 6.17 Å². The first-order valence-electron chi connectivity index (χ1n) is 15.7. The first-order valence-corrected chi connectivity index (χ1v) is 15.7. The second kappa shape index (κ2) is 14.4. The van der Waals surface area contributed by atoms with Crippen molar-refractivity contribution >= 4 is 23.7 Å². The molecule has 1 aliphatic carbocycles. The Bertz CT molecular complexity index is 1520. The number of aliphatic carboxylic acids is 1. The topological polar surface area (TPSA) is 116 Å². The number of amides is 3. The molecular formula is C36H41N3O6. The van der Waals surface area contributed by atoms with Gasteiger partial charge in [0.05, 0.1) is 25.5 Å². The number of carboxylic acids is 1. The summed E-state index contributed by atoms with van der Waals surface area (Å²) in [5.74, 6) is -2.10. The number of ether oxygens (including phenoxy) is 1. The van der Waals surface area contributed by atoms with Crippen LogP contribution in [0.1, 0.15) is 77.5 Å². The molecule has 9 heteroatoms. The summed E-state index contributed by atoms with van der Waals surface area (Å²) in [6.45, 7) is 2.44. The number of nitrogens with zero attached hydrogens (tertiary/aromatic N) is 2. The van der Waals surface area contributed by atoms with Crippen LogP contribution in [0.5, 0.6) is 5.75 Å². The van der Waals surface area contributed by atoms with E-state index in [1.54, 1.807) is 35.2 Å². The molecule has 0 bridgehead atoms. The molecule has 1 heterocycles. The fourth-order valence-electron chi connectivity index (χ4n) is 6.78. The molecule has 9 nitrogen and oxygen atoms in total. The molecule has 45 heavy (non-hydrogen) atoms. The summed E-state index contributed by atoms with van der Waals surface area (Å²) in [7, 11) is 1.52. The lowest BCUT2D eigenvalue weighted by Crippen LogP contribution is -2.64. The lowest BCUT2D eigenvalue weighted by molar-refractivity contribution is -0.152. The molecule has 0 aromatic heterocycles. The van der Waals surface area contributed by atoms with Crippen molar-refractivity contribution in [3.05, 3.63) is 101 Å². The van der Waals surface area contributed by atoms with Crippen molar-refractivity contribution in [2.45, 2.75) is 63.6 Å². The Kier molecular flexibility index (Phi) is 10.2. The zero-order valence-electron chi connectivity index (χ0n) is 25.9. The maximum Gasteiger partial charge on any atom is 0.305 e. The number of aryl methyl sites for hydroxylation is 1. The van der Waals surface area contributed by atoms with Crippen molar-refractivity contribution < 1.29 is 29.0 Å². The number of methoxy groups -OCH3 is 1. The van der Waals surface area contributed by atoms with Crippen LogP contribution in [0.15, 0.2) is 78.9 Å². The van der Waals surface area contributed by atoms with Gasteiger partial charge in [-0.05, 0) is 61.4 Å². The van der Waals surface area contributed by atoms with Gasteiger partial charge in [0, 0.05) is 18.7 Å². The summed E-state index contributed by atoms with van der Waals surface area (Å²) in [5.41, 5.74) is 2.79. The van der Waals surface area contributed by atoms with Crippen molar-refractivity contribution in [2.75, 3.05) is 20.2 Å². The molecule has 2 fully saturated rings. The highest BCUT2D eigenvalue weighted by molar-refractivity contribution is 5.99. The van der Waals surface area contributed by atoms with Gasteiger partial charge in [-0.1, -0.05) is 79.1 Å². The van der Waals surface area contributed by atoms with E-state index in [9.17, 15) is 24.3 Å². The molecule has 0 radical (unpaired) electrons. The third kappa shape index (κ3) is 7.36. The highest BCUT2D eigenvalue weighted by Crippen LogP contribution is 2.39. The quantitative estimate of drug-likeness (QED) is 0.321. The van der Waals surface area contributed by atoms with Crippen molar-refractivity contribution in [1.29, 1.82) is 0 Å². The number of carboxylic acid groups (broad SMARTS) is 1. The number of rotatable bonds is 10. The van der Waals surface area contributed by atoms with Gasteiger partial charge in [-0.15, -0.1) is 0 Å². The molecular weight excluding hydrogens is 570 g/mol. The molecule has 3 amide bonds. The maximum atomic E-state index is 14.7. The fraction of sp³-hybridized carbons (Fsp3) is 0.389. The van der Waals surface area contributed by atoms with Gasteiger partial charge in [-0.3, -0.25) is 19.2 Å². The van der Waals surface area contributed by atoms with E-state index in [4.69, 9.17) is 4.74 Å². The Labute approximate surface area is 264 Å². The van der Waals surface area contributed by atoms with E-state index in [1.165, 1.54) is 12.0 Å². The minimum atomic E-state index is -1.27. The molecule has 2 aliphatic rings. The van der Waals surface area contributed by atoms with Gasteiger partial charge in [0.1, 0.15) is 5.75 Å². The maximum absolute atomic E-state index is 14.7. The van der Waals surface area contributed by atoms with Gasteiger partial charge >= 0.3 is 5.97 Å². The second-order valence-corrected chi connectivity index (χ2v) is 12.0. The minimum Gasteiger partial charge on any atom is -0.497 e. The van der Waals surface area contributed by atoms with Crippen molar-refractivity contribution in [3.8, 4) is 5.75 Å². The van der Waals surface area contributed by atoms with Crippen LogP contribution in [0.25, 0.3) is 0 Å². The highest BCUT2D eigenvalue weighted by Gasteiger charge is 2.45. The molecule has 1 aliphatic heterocycles. The summed E-state index contributed by atoms with van der Waals surface area (Å²) in [6.07, 6.45) is 2.78. The lowest BCUT2D eigenvalue weighted by atomic mass is 9.83. The SMILES string of the molecule is COc1cccc(C(=O)N2CCCN(C(=O)C(c3ccccc3)C3CCCC3)C2C(=O)NC(CC(=O)O)c2cccc(C)c2)c1. The first-order chi connectivity index (χ1) is 21.8. The van der Waals surface area contributed by atoms with Gasteiger partial charge in [0.25, 0.3) is 11.8 Å². The monoisotopic (exact) mass is 611 g/mol. The zero-order chi connectivity index (χ0) is 31.9. The number of carbonyl (C=O) groups is 4. The van der Waals surface area contributed by atoms with Crippen LogP contribution in [0.2, 0.25) is 0 Å². The van der Waals surface area contributed by atoms with E-state index in [1.807, 2.05) is 55.5 Å². The molecule has 1 saturated heterocycles. The Morgan fingerprint density at radius 3 is 2.24 bits per heavy atom. The van der Waals surface area contributed by atoms with E-state index in [0.717, 1.165) is 36.8 Å². The lowest BCUT2D eigenvalue weighted by Gasteiger charge is -2.45. The summed E-state index contributed by atoms with van der Waals surface area (Å²) in [4.78, 5) is 58.1. The van der Waals surface area contributed by atoms with Crippen molar-refractivity contribution in [2.24, 2.45) is 5.92 Å². The number of hydrogen-bond acceptors (Lipinski definition) is 5. The Morgan fingerprint density at radius 1 is 0.867 bits per heavy atom. The third-order valence-electron chi connectivity index (χ3n) is 8.92. The van der Waals surface area contributed by atoms with Gasteiger partial charge < -0.3 is 25.0 Å². The molecule has 3 atom stereocenters. The fourth-order valence-corrected chi connectivity index (χ4v) is 6.78. The van der Waals surface area contributed by atoms with Crippen LogP contribution in [-0.4, -0.2) is 65.0 Å². The molecule has 1 saturated carbocycles. The van der Waals surface area contributed by atoms with Crippen LogP contribution in [0.4, 0.5) is 0 Å². The number of carbonyl (C=O) groups excluding carboxylic acids is 3. The normalized spacial score (nSPS) is 18.2. The largest absolute Gasteiger partial charge is 0.497 e. The molecule has 3 unspecified atom stereocenters. The Balaban J connectivity index is 1.54. The Hall–Kier alpha value is -4.66. The van der Waals surface area contributed by atoms with Gasteiger partial charge in [-0.2, -0.15) is 0 Å². The average Bonchev–Trinajstić information content (AvgIpc) is 3.58. The van der Waals surface area contributed by atoms with Gasteiger partial charge in [0.2, 0.25) is 5.91 Å². The van der Waals surface area contributed by atoms with Crippen LogP contribution < -0.4 is 10.1 Å². The van der Waals surface area contributed by atoms with E-state index in [-0.39, 0.29) is 24.8 Å². The van der Waals surface area contributed by atoms with Crippen molar-refractivity contribution in [1.82, 2.24) is 15.1 Å². The highest BCUT2D eigenvalue weighted by atomic mass is 16.5. The summed E-state index contributed by atoms with van der Waals surface area (Å²) in [5, 5.41) is 12.7. The third-order valence-corrected chi connectivity index (χ3v) is 8.92. The summed E-state index contributed by atoms with van der Waals surface area (Å²) < 4.78 is 5.34. The van der Waals surface area contributed by atoms with E-state index in [0.29, 0.717) is 29.8 Å². The molecule has 3 aromatic rings. The minimum absolute atomic E-state index is 0.125. The van der Waals surface area contributed by atoms with E-state index >= 15 is 0 Å². The van der Waals surface area contributed by atoms with E-state index < -0.39 is 35.9 Å². The first kappa shape index (κ1) is 31.8. The molecule has 2 N–H and O–H groups in total. The number of nitrogens with one attached hydrogen (secondary N) is 1. The van der Waals surface area contributed by atoms with Gasteiger partial charge in [-0.25, -0.2) is 0 Å². The zero-order valence-corrected chi connectivity index (χ0v) is 25.9. The predicted octanol–water partition coefficient (Wildman–Crippen LogP) is 5.31. The number of hydrogen-bond donors (Lipinski definition) is 2. The van der Waals surface area contributed by atoms with Crippen molar-refractivity contribution in [3.63, 3.8) is 0 Å². The molecule has 5 rings (SSSR count). The number of benzene rings is 3. The summed E-state index contributed by atoms with van der Waals surface area (Å²) >= 11 is 0. The summed E-state index contributed by atoms with van der Waals surface area (Å²) in [6, 6.07) is 22.8. The van der Waals surface area contributed by atoms with Crippen LogP contribution in [0, 0.1) is 12.8 Å². The predicted molar refractivity (Wildman–Crippen MR) is 170 cm³/mol. The van der Waals surface area contributed by atoms with Crippen LogP contribution in [0.3, 0.4) is 0 Å². The average molecular weight is 612 g/mol. The van der Waals surface area contributed by atoms with Crippen LogP contribution in [-0.2, 0) is 14.4 Å². The van der Waals surface area contributed by atoms with E-state index in [2.05, 4.69) is 5.32 Å². The molecule has 3 aromatic carbocycles. The Morgan fingerprint density at radius 2 is 1.56 bits per heavy atom. The smallest absolute Gasteiger partial charge is 0.305 e.